The fraction of sp³-hybridized carbons (Fsp3) is 0.532. The van der Waals surface area contributed by atoms with Gasteiger partial charge >= 0.3 is 11.9 Å². The molecule has 22 nitrogen and oxygen atoms in total. The topological polar surface area (TPSA) is 340 Å². The van der Waals surface area contributed by atoms with Crippen molar-refractivity contribution in [3.63, 3.8) is 0 Å². The van der Waals surface area contributed by atoms with E-state index < -0.39 is 133 Å². The van der Waals surface area contributed by atoms with Gasteiger partial charge in [-0.1, -0.05) is 62.7 Å². The zero-order valence-corrected chi connectivity index (χ0v) is 40.9. The average molecular weight is 999 g/mol. The average Bonchev–Trinajstić information content (AvgIpc) is 3.29. The molecule has 384 valence electrons. The Hall–Kier alpha value is -6.75. The quantitative estimate of drug-likeness (QED) is 0.0973. The molecular weight excluding hydrogens is 933 g/mol. The third-order valence-corrected chi connectivity index (χ3v) is 11.8. The van der Waals surface area contributed by atoms with Crippen molar-refractivity contribution in [3.8, 4) is 5.75 Å². The minimum absolute atomic E-state index is 0.0337. The Morgan fingerprint density at radius 2 is 1.17 bits per heavy atom. The summed E-state index contributed by atoms with van der Waals surface area (Å²) in [7, 11) is 0. The number of hydrogen-bond donors (Lipinski definition) is 10. The molecule has 0 aliphatic carbocycles. The van der Waals surface area contributed by atoms with E-state index in [0.29, 0.717) is 23.3 Å². The lowest BCUT2D eigenvalue weighted by molar-refractivity contribution is -0.141. The van der Waals surface area contributed by atoms with Gasteiger partial charge in [0.1, 0.15) is 48.0 Å². The Labute approximate surface area is 410 Å². The molecule has 1 fully saturated rings. The molecule has 1 unspecified atom stereocenters. The molecule has 1 saturated heterocycles. The van der Waals surface area contributed by atoms with Crippen molar-refractivity contribution >= 4 is 71.0 Å². The first kappa shape index (κ1) is 57.6. The number of benzene rings is 2. The van der Waals surface area contributed by atoms with E-state index in [0.717, 1.165) is 11.8 Å². The Kier molecular flexibility index (Phi) is 23.6. The van der Waals surface area contributed by atoms with Crippen LogP contribution in [-0.4, -0.2) is 142 Å². The Balaban J connectivity index is 2.18. The third kappa shape index (κ3) is 20.1. The van der Waals surface area contributed by atoms with E-state index in [9.17, 15) is 58.2 Å². The minimum atomic E-state index is -1.92. The number of amides is 8. The maximum atomic E-state index is 14.4. The van der Waals surface area contributed by atoms with Crippen LogP contribution in [0.2, 0.25) is 0 Å². The Morgan fingerprint density at radius 1 is 0.643 bits per heavy atom. The molecule has 70 heavy (non-hydrogen) atoms. The van der Waals surface area contributed by atoms with Crippen LogP contribution in [0, 0.1) is 5.92 Å². The van der Waals surface area contributed by atoms with E-state index in [4.69, 9.17) is 15.2 Å². The van der Waals surface area contributed by atoms with Crippen LogP contribution in [0.4, 0.5) is 0 Å². The molecular formula is C47H66N8O14S. The number of nitrogens with one attached hydrogen (secondary N) is 7. The minimum Gasteiger partial charge on any atom is -0.491 e. The summed E-state index contributed by atoms with van der Waals surface area (Å²) >= 11 is 0.835. The molecule has 23 heteroatoms. The normalized spacial score (nSPS) is 23.3. The van der Waals surface area contributed by atoms with Crippen LogP contribution >= 0.6 is 11.8 Å². The van der Waals surface area contributed by atoms with Crippen molar-refractivity contribution in [3.05, 3.63) is 65.7 Å². The SMILES string of the molecule is CCC(C)[C@@H]1NC(=O)[C@H](COC(C)C)NC(=O)[C@H](Cc2ccccc2)NC(=O)CSC[C@H](C(N)=O)NC(=O)[C@H](CCC(=O)O)NC(=O)[C@H](CC(=O)O)NC(=O)[C@H](Cc2ccc(OC(C)C)cc2)NC1=O. The first-order valence-electron chi connectivity index (χ1n) is 22.9. The van der Waals surface area contributed by atoms with Gasteiger partial charge in [-0.25, -0.2) is 0 Å². The highest BCUT2D eigenvalue weighted by molar-refractivity contribution is 8.00. The van der Waals surface area contributed by atoms with Crippen LogP contribution in [0.25, 0.3) is 0 Å². The molecule has 1 aliphatic rings. The molecule has 0 bridgehead atoms. The summed E-state index contributed by atoms with van der Waals surface area (Å²) in [6.45, 7) is 10.1. The van der Waals surface area contributed by atoms with Gasteiger partial charge in [-0.15, -0.1) is 11.8 Å². The highest BCUT2D eigenvalue weighted by Gasteiger charge is 2.36. The number of hydrogen-bond acceptors (Lipinski definition) is 13. The van der Waals surface area contributed by atoms with Crippen molar-refractivity contribution < 1.29 is 67.6 Å². The number of ether oxygens (including phenoxy) is 2. The van der Waals surface area contributed by atoms with Crippen LogP contribution in [0.1, 0.15) is 78.4 Å². The highest BCUT2D eigenvalue weighted by atomic mass is 32.2. The first-order chi connectivity index (χ1) is 33.1. The van der Waals surface area contributed by atoms with E-state index in [1.807, 2.05) is 13.8 Å². The van der Waals surface area contributed by atoms with Gasteiger partial charge in [0.05, 0.1) is 31.0 Å². The van der Waals surface area contributed by atoms with Crippen LogP contribution in [0.3, 0.4) is 0 Å². The number of carbonyl (C=O) groups excluding carboxylic acids is 8. The zero-order valence-electron chi connectivity index (χ0n) is 40.1. The van der Waals surface area contributed by atoms with Crippen molar-refractivity contribution in [2.75, 3.05) is 18.1 Å². The van der Waals surface area contributed by atoms with E-state index in [1.165, 1.54) is 0 Å². The van der Waals surface area contributed by atoms with Crippen LogP contribution < -0.4 is 47.7 Å². The van der Waals surface area contributed by atoms with Gasteiger partial charge in [0.2, 0.25) is 47.3 Å². The van der Waals surface area contributed by atoms with Gasteiger partial charge < -0.3 is 62.6 Å². The number of aliphatic carboxylic acids is 2. The molecule has 8 atom stereocenters. The molecule has 1 aliphatic heterocycles. The molecule has 0 radical (unpaired) electrons. The fourth-order valence-electron chi connectivity index (χ4n) is 6.88. The smallest absolute Gasteiger partial charge is 0.305 e. The number of thioether (sulfide) groups is 1. The second-order valence-electron chi connectivity index (χ2n) is 17.3. The Morgan fingerprint density at radius 3 is 1.73 bits per heavy atom. The lowest BCUT2D eigenvalue weighted by Gasteiger charge is -2.30. The number of carboxylic acid groups (broad SMARTS) is 2. The standard InChI is InChI=1S/C47H66N8O14S/c1-7-27(6)40-47(67)52-33(20-29-13-15-30(16-14-29)69-26(4)5)44(64)51-34(21-39(59)60)45(65)50-31(17-18-38(57)58)42(62)54-36(41(48)61)23-70-24-37(56)49-32(19-28-11-9-8-10-12-28)43(63)53-35(46(66)55-40)22-68-25(2)3/h8-16,25-27,31-36,40H,7,17-24H2,1-6H3,(H2,48,61)(H,49,56)(H,50,65)(H,51,64)(H,52,67)(H,53,63)(H,54,62)(H,55,66)(H,57,58)(H,59,60)/t27?,31-,32-,33-,34-,35-,36+,40-/m0/s1. The number of rotatable bonds is 17. The number of carbonyl (C=O) groups is 10. The summed E-state index contributed by atoms with van der Waals surface area (Å²) in [5.41, 5.74) is 6.71. The molecule has 2 aromatic rings. The lowest BCUT2D eigenvalue weighted by atomic mass is 9.96. The molecule has 2 aromatic carbocycles. The summed E-state index contributed by atoms with van der Waals surface area (Å²) in [5.74, 6) is -11.4. The van der Waals surface area contributed by atoms with E-state index in [1.54, 1.807) is 82.3 Å². The summed E-state index contributed by atoms with van der Waals surface area (Å²) in [6.07, 6.45) is -2.82. The Bertz CT molecular complexity index is 2140. The van der Waals surface area contributed by atoms with Crippen LogP contribution in [-0.2, 0) is 65.5 Å². The van der Waals surface area contributed by atoms with Gasteiger partial charge in [0, 0.05) is 25.0 Å². The molecule has 0 saturated carbocycles. The fourth-order valence-corrected chi connectivity index (χ4v) is 7.75. The van der Waals surface area contributed by atoms with Crippen molar-refractivity contribution in [1.82, 2.24) is 37.2 Å². The van der Waals surface area contributed by atoms with Gasteiger partial charge in [-0.3, -0.25) is 47.9 Å². The van der Waals surface area contributed by atoms with Crippen molar-refractivity contribution in [2.24, 2.45) is 11.7 Å². The summed E-state index contributed by atoms with van der Waals surface area (Å²) in [6, 6.07) is 4.44. The van der Waals surface area contributed by atoms with Crippen LogP contribution in [0.15, 0.2) is 54.6 Å². The summed E-state index contributed by atoms with van der Waals surface area (Å²) in [4.78, 5) is 134. The van der Waals surface area contributed by atoms with Crippen LogP contribution in [0.5, 0.6) is 5.75 Å². The summed E-state index contributed by atoms with van der Waals surface area (Å²) < 4.78 is 11.5. The van der Waals surface area contributed by atoms with Crippen molar-refractivity contribution in [2.45, 2.75) is 135 Å². The second-order valence-corrected chi connectivity index (χ2v) is 18.4. The number of primary amides is 1. The predicted molar refractivity (Wildman–Crippen MR) is 256 cm³/mol. The van der Waals surface area contributed by atoms with E-state index >= 15 is 0 Å². The molecule has 11 N–H and O–H groups in total. The predicted octanol–water partition coefficient (Wildman–Crippen LogP) is -0.305. The van der Waals surface area contributed by atoms with Crippen molar-refractivity contribution in [1.29, 1.82) is 0 Å². The molecule has 0 spiro atoms. The maximum absolute atomic E-state index is 14.4. The molecule has 3 rings (SSSR count). The molecule has 0 aromatic heterocycles. The third-order valence-electron chi connectivity index (χ3n) is 10.8. The largest absolute Gasteiger partial charge is 0.491 e. The van der Waals surface area contributed by atoms with Gasteiger partial charge in [-0.2, -0.15) is 0 Å². The summed E-state index contributed by atoms with van der Waals surface area (Å²) in [5, 5.41) is 36.9. The lowest BCUT2D eigenvalue weighted by Crippen LogP contribution is -2.62. The highest BCUT2D eigenvalue weighted by Crippen LogP contribution is 2.17. The number of nitrogens with two attached hydrogens (primary N) is 1. The van der Waals surface area contributed by atoms with Gasteiger partial charge in [0.25, 0.3) is 0 Å². The van der Waals surface area contributed by atoms with Gasteiger partial charge in [0.15, 0.2) is 0 Å². The monoisotopic (exact) mass is 998 g/mol. The molecule has 8 amide bonds. The second kappa shape index (κ2) is 28.7. The van der Waals surface area contributed by atoms with E-state index in [2.05, 4.69) is 37.2 Å². The maximum Gasteiger partial charge on any atom is 0.305 e. The van der Waals surface area contributed by atoms with Gasteiger partial charge in [-0.05, 0) is 63.3 Å². The molecule has 1 heterocycles. The first-order valence-corrected chi connectivity index (χ1v) is 24.0. The van der Waals surface area contributed by atoms with E-state index in [-0.39, 0.29) is 37.1 Å². The zero-order chi connectivity index (χ0) is 52.1. The number of carboxylic acids is 2.